The van der Waals surface area contributed by atoms with E-state index < -0.39 is 0 Å². The van der Waals surface area contributed by atoms with Crippen molar-refractivity contribution in [2.45, 2.75) is 19.4 Å². The number of nitrogens with one attached hydrogen (secondary N) is 1. The Morgan fingerprint density at radius 2 is 1.86 bits per heavy atom. The molecule has 0 atom stereocenters. The van der Waals surface area contributed by atoms with E-state index in [9.17, 15) is 4.79 Å². The highest BCUT2D eigenvalue weighted by atomic mass is 79.9. The van der Waals surface area contributed by atoms with Crippen LogP contribution in [-0.4, -0.2) is 20.7 Å². The summed E-state index contributed by atoms with van der Waals surface area (Å²) in [5.41, 5.74) is 2.17. The van der Waals surface area contributed by atoms with Crippen LogP contribution in [0.1, 0.15) is 22.3 Å². The molecule has 146 valence electrons. The first-order valence-electron chi connectivity index (χ1n) is 9.25. The van der Waals surface area contributed by atoms with Crippen molar-refractivity contribution in [3.8, 4) is 11.6 Å². The first-order chi connectivity index (χ1) is 14.2. The highest BCUT2D eigenvalue weighted by Crippen LogP contribution is 2.20. The fourth-order valence-electron chi connectivity index (χ4n) is 2.94. The predicted molar refractivity (Wildman–Crippen MR) is 115 cm³/mol. The van der Waals surface area contributed by atoms with Gasteiger partial charge < -0.3 is 9.73 Å². The molecule has 2 heterocycles. The maximum Gasteiger partial charge on any atom is 0.250 e. The number of rotatable bonds is 7. The second-order valence-electron chi connectivity index (χ2n) is 6.51. The number of hydrogen-bond acceptors (Lipinski definition) is 5. The van der Waals surface area contributed by atoms with Crippen LogP contribution in [0, 0.1) is 0 Å². The van der Waals surface area contributed by atoms with Crippen LogP contribution < -0.4 is 5.32 Å². The van der Waals surface area contributed by atoms with Gasteiger partial charge in [-0.2, -0.15) is 9.67 Å². The minimum atomic E-state index is -0.129. The summed E-state index contributed by atoms with van der Waals surface area (Å²) in [7, 11) is 0. The number of anilines is 1. The van der Waals surface area contributed by atoms with Crippen molar-refractivity contribution >= 4 is 27.8 Å². The minimum absolute atomic E-state index is 0.129. The van der Waals surface area contributed by atoms with Gasteiger partial charge in [-0.1, -0.05) is 58.4 Å². The van der Waals surface area contributed by atoms with E-state index in [1.54, 1.807) is 18.4 Å². The summed E-state index contributed by atoms with van der Waals surface area (Å²) in [4.78, 5) is 17.4. The van der Waals surface area contributed by atoms with Gasteiger partial charge in [-0.15, -0.1) is 5.10 Å². The second-order valence-corrected chi connectivity index (χ2v) is 7.43. The van der Waals surface area contributed by atoms with Gasteiger partial charge in [-0.3, -0.25) is 4.79 Å². The molecule has 0 fully saturated rings. The predicted octanol–water partition coefficient (Wildman–Crippen LogP) is 5.19. The van der Waals surface area contributed by atoms with Crippen LogP contribution in [0.25, 0.3) is 11.6 Å². The average molecular weight is 451 g/mol. The van der Waals surface area contributed by atoms with Crippen LogP contribution in [0.15, 0.2) is 81.9 Å². The maximum atomic E-state index is 12.9. The molecule has 4 rings (SSSR count). The maximum absolute atomic E-state index is 12.9. The van der Waals surface area contributed by atoms with E-state index in [1.165, 1.54) is 4.68 Å². The molecule has 6 nitrogen and oxygen atoms in total. The number of nitrogens with zero attached hydrogens (tertiary/aromatic N) is 3. The number of carbonyl (C=O) groups is 1. The van der Waals surface area contributed by atoms with Crippen molar-refractivity contribution in [3.63, 3.8) is 0 Å². The summed E-state index contributed by atoms with van der Waals surface area (Å²) in [6.07, 6.45) is 2.53. The van der Waals surface area contributed by atoms with Gasteiger partial charge in [-0.25, -0.2) is 0 Å². The summed E-state index contributed by atoms with van der Waals surface area (Å²) in [5.74, 6) is 1.16. The molecule has 0 radical (unpaired) electrons. The summed E-state index contributed by atoms with van der Waals surface area (Å²) < 4.78 is 7.72. The zero-order chi connectivity index (χ0) is 20.1. The highest BCUT2D eigenvalue weighted by molar-refractivity contribution is 9.10. The third kappa shape index (κ3) is 4.81. The van der Waals surface area contributed by atoms with E-state index in [1.807, 2.05) is 54.6 Å². The van der Waals surface area contributed by atoms with E-state index in [0.717, 1.165) is 15.6 Å². The monoisotopic (exact) mass is 450 g/mol. The molecule has 1 N–H and O–H groups in total. The van der Waals surface area contributed by atoms with Crippen LogP contribution in [0.2, 0.25) is 0 Å². The van der Waals surface area contributed by atoms with Crippen LogP contribution in [0.5, 0.6) is 0 Å². The van der Waals surface area contributed by atoms with E-state index in [0.29, 0.717) is 36.9 Å². The van der Waals surface area contributed by atoms with Crippen LogP contribution in [-0.2, 0) is 13.0 Å². The van der Waals surface area contributed by atoms with Crippen molar-refractivity contribution in [1.82, 2.24) is 14.8 Å². The molecule has 0 saturated heterocycles. The Balaban J connectivity index is 1.54. The molecule has 0 spiro atoms. The summed E-state index contributed by atoms with van der Waals surface area (Å²) >= 11 is 3.47. The number of benzene rings is 2. The molecule has 0 amide bonds. The van der Waals surface area contributed by atoms with Gasteiger partial charge in [0.15, 0.2) is 5.76 Å². The van der Waals surface area contributed by atoms with E-state index >= 15 is 0 Å². The van der Waals surface area contributed by atoms with Crippen molar-refractivity contribution in [2.75, 3.05) is 5.32 Å². The molecule has 2 aromatic heterocycles. The standard InChI is InChI=1S/C22H19BrN4O2/c23-18-9-4-8-17(14-18)15-24-22-25-21(19-10-5-13-29-19)26-27(22)20(28)12-11-16-6-2-1-3-7-16/h1-10,13-14H,11-12,15H2,(H,24,25,26). The lowest BCUT2D eigenvalue weighted by Crippen LogP contribution is -2.17. The molecule has 2 aromatic carbocycles. The SMILES string of the molecule is O=C(CCc1ccccc1)n1nc(-c2ccco2)nc1NCc1cccc(Br)c1. The largest absolute Gasteiger partial charge is 0.461 e. The Hall–Kier alpha value is -3.19. The lowest BCUT2D eigenvalue weighted by molar-refractivity contribution is 0.0890. The van der Waals surface area contributed by atoms with Gasteiger partial charge in [0, 0.05) is 17.4 Å². The molecular weight excluding hydrogens is 432 g/mol. The molecule has 0 aliphatic rings. The van der Waals surface area contributed by atoms with Crippen LogP contribution >= 0.6 is 15.9 Å². The number of carbonyl (C=O) groups excluding carboxylic acids is 1. The van der Waals surface area contributed by atoms with Crippen molar-refractivity contribution in [3.05, 3.63) is 88.6 Å². The Labute approximate surface area is 176 Å². The summed E-state index contributed by atoms with van der Waals surface area (Å²) in [6, 6.07) is 21.4. The molecular formula is C22H19BrN4O2. The lowest BCUT2D eigenvalue weighted by atomic mass is 10.1. The number of halogens is 1. The Morgan fingerprint density at radius 1 is 1.03 bits per heavy atom. The Kier molecular flexibility index (Phi) is 5.86. The van der Waals surface area contributed by atoms with Gasteiger partial charge in [0.2, 0.25) is 17.7 Å². The smallest absolute Gasteiger partial charge is 0.250 e. The Morgan fingerprint density at radius 3 is 2.62 bits per heavy atom. The lowest BCUT2D eigenvalue weighted by Gasteiger charge is -2.08. The number of hydrogen-bond donors (Lipinski definition) is 1. The molecule has 0 bridgehead atoms. The van der Waals surface area contributed by atoms with Crippen LogP contribution in [0.3, 0.4) is 0 Å². The molecule has 0 unspecified atom stereocenters. The van der Waals surface area contributed by atoms with Gasteiger partial charge in [-0.05, 0) is 41.8 Å². The first-order valence-corrected chi connectivity index (χ1v) is 10.0. The molecule has 7 heteroatoms. The van der Waals surface area contributed by atoms with Gasteiger partial charge >= 0.3 is 0 Å². The zero-order valence-electron chi connectivity index (χ0n) is 15.6. The van der Waals surface area contributed by atoms with E-state index in [2.05, 4.69) is 31.3 Å². The topological polar surface area (TPSA) is 73.0 Å². The molecule has 0 aliphatic heterocycles. The highest BCUT2D eigenvalue weighted by Gasteiger charge is 2.18. The zero-order valence-corrected chi connectivity index (χ0v) is 17.2. The minimum Gasteiger partial charge on any atom is -0.461 e. The van der Waals surface area contributed by atoms with Crippen molar-refractivity contribution in [1.29, 1.82) is 0 Å². The average Bonchev–Trinajstić information content (AvgIpc) is 3.41. The first kappa shape index (κ1) is 19.1. The van der Waals surface area contributed by atoms with Crippen molar-refractivity contribution < 1.29 is 9.21 Å². The third-order valence-corrected chi connectivity index (χ3v) is 4.89. The van der Waals surface area contributed by atoms with Gasteiger partial charge in [0.05, 0.1) is 6.26 Å². The number of aromatic nitrogens is 3. The molecule has 4 aromatic rings. The second kappa shape index (κ2) is 8.87. The fraction of sp³-hybridized carbons (Fsp3) is 0.136. The van der Waals surface area contributed by atoms with Gasteiger partial charge in [0.1, 0.15) is 0 Å². The fourth-order valence-corrected chi connectivity index (χ4v) is 3.39. The molecule has 0 saturated carbocycles. The van der Waals surface area contributed by atoms with E-state index in [-0.39, 0.29) is 5.91 Å². The van der Waals surface area contributed by atoms with Gasteiger partial charge in [0.25, 0.3) is 0 Å². The van der Waals surface area contributed by atoms with Crippen LogP contribution in [0.4, 0.5) is 5.95 Å². The quantitative estimate of drug-likeness (QED) is 0.419. The molecule has 29 heavy (non-hydrogen) atoms. The Bertz CT molecular complexity index is 1090. The van der Waals surface area contributed by atoms with E-state index in [4.69, 9.17) is 4.42 Å². The summed E-state index contributed by atoms with van der Waals surface area (Å²) in [5, 5.41) is 7.61. The summed E-state index contributed by atoms with van der Waals surface area (Å²) in [6.45, 7) is 0.516. The number of furan rings is 1. The normalized spacial score (nSPS) is 10.8. The molecule has 0 aliphatic carbocycles. The number of aryl methyl sites for hydroxylation is 1. The van der Waals surface area contributed by atoms with Crippen molar-refractivity contribution in [2.24, 2.45) is 0 Å². The third-order valence-electron chi connectivity index (χ3n) is 4.39.